The molecule has 4 aromatic rings. The zero-order valence-electron chi connectivity index (χ0n) is 21.3. The summed E-state index contributed by atoms with van der Waals surface area (Å²) in [6.07, 6.45) is 1.48. The molecule has 3 aromatic carbocycles. The van der Waals surface area contributed by atoms with Crippen LogP contribution in [-0.4, -0.2) is 31.7 Å². The van der Waals surface area contributed by atoms with E-state index in [-0.39, 0.29) is 10.6 Å². The van der Waals surface area contributed by atoms with Crippen LogP contribution in [0.1, 0.15) is 22.5 Å². The van der Waals surface area contributed by atoms with Crippen molar-refractivity contribution < 1.29 is 17.6 Å². The first-order valence-corrected chi connectivity index (χ1v) is 14.0. The molecule has 0 atom stereocenters. The predicted molar refractivity (Wildman–Crippen MR) is 153 cm³/mol. The minimum Gasteiger partial charge on any atom is -0.316 e. The van der Waals surface area contributed by atoms with Gasteiger partial charge in [-0.15, -0.1) is 0 Å². The summed E-state index contributed by atoms with van der Waals surface area (Å²) in [5.74, 6) is -1.23. The third kappa shape index (κ3) is 6.33. The second-order valence-electron chi connectivity index (χ2n) is 8.85. The highest BCUT2D eigenvalue weighted by atomic mass is 35.5. The molecule has 4 rings (SSSR count). The summed E-state index contributed by atoms with van der Waals surface area (Å²) in [5.41, 5.74) is 6.80. The molecule has 0 aliphatic carbocycles. The van der Waals surface area contributed by atoms with Crippen molar-refractivity contribution in [2.45, 2.75) is 25.7 Å². The van der Waals surface area contributed by atoms with Crippen molar-refractivity contribution in [1.29, 1.82) is 0 Å². The molecule has 0 spiro atoms. The third-order valence-corrected chi connectivity index (χ3v) is 8.35. The number of nitrogens with zero attached hydrogens (tertiary/aromatic N) is 3. The SMILES string of the molecule is Cc1ccc(N(CC(=O)N/N=C\c2cc(C)n(-c3ccc(Cl)cc3Cl)c2C)S(=O)(=O)c2ccc(F)cc2)cc1. The molecule has 1 heterocycles. The van der Waals surface area contributed by atoms with Gasteiger partial charge < -0.3 is 4.57 Å². The van der Waals surface area contributed by atoms with Gasteiger partial charge in [-0.1, -0.05) is 40.9 Å². The van der Waals surface area contributed by atoms with Crippen LogP contribution in [-0.2, 0) is 14.8 Å². The fourth-order valence-electron chi connectivity index (χ4n) is 4.05. The number of hydrogen-bond donors (Lipinski definition) is 1. The Bertz CT molecular complexity index is 1650. The second kappa shape index (κ2) is 11.6. The van der Waals surface area contributed by atoms with Gasteiger partial charge in [0, 0.05) is 22.0 Å². The lowest BCUT2D eigenvalue weighted by molar-refractivity contribution is -0.119. The van der Waals surface area contributed by atoms with Crippen LogP contribution in [0.15, 0.2) is 82.8 Å². The number of aromatic nitrogens is 1. The lowest BCUT2D eigenvalue weighted by atomic mass is 10.2. The Balaban J connectivity index is 1.56. The molecule has 39 heavy (non-hydrogen) atoms. The number of carbonyl (C=O) groups is 1. The van der Waals surface area contributed by atoms with Crippen molar-refractivity contribution >= 4 is 51.0 Å². The van der Waals surface area contributed by atoms with E-state index >= 15 is 0 Å². The molecule has 1 N–H and O–H groups in total. The predicted octanol–water partition coefficient (Wildman–Crippen LogP) is 6.19. The Labute approximate surface area is 236 Å². The number of halogens is 3. The van der Waals surface area contributed by atoms with Crippen molar-refractivity contribution in [1.82, 2.24) is 9.99 Å². The maximum absolute atomic E-state index is 13.4. The minimum atomic E-state index is -4.17. The number of nitrogens with one attached hydrogen (secondary N) is 1. The Kier molecular flexibility index (Phi) is 8.44. The van der Waals surface area contributed by atoms with Gasteiger partial charge in [0.05, 0.1) is 27.5 Å². The van der Waals surface area contributed by atoms with Crippen molar-refractivity contribution in [3.05, 3.63) is 111 Å². The van der Waals surface area contributed by atoms with E-state index in [1.165, 1.54) is 6.21 Å². The van der Waals surface area contributed by atoms with E-state index in [0.29, 0.717) is 10.0 Å². The van der Waals surface area contributed by atoms with Gasteiger partial charge in [-0.3, -0.25) is 9.10 Å². The average Bonchev–Trinajstić information content (AvgIpc) is 3.16. The molecular weight excluding hydrogens is 562 g/mol. The van der Waals surface area contributed by atoms with E-state index in [2.05, 4.69) is 10.5 Å². The number of hydrogen-bond acceptors (Lipinski definition) is 4. The molecule has 0 saturated carbocycles. The van der Waals surface area contributed by atoms with Crippen LogP contribution in [0.4, 0.5) is 10.1 Å². The van der Waals surface area contributed by atoms with E-state index in [4.69, 9.17) is 23.2 Å². The number of benzene rings is 3. The first-order valence-electron chi connectivity index (χ1n) is 11.8. The van der Waals surface area contributed by atoms with Gasteiger partial charge in [-0.25, -0.2) is 18.2 Å². The van der Waals surface area contributed by atoms with Crippen LogP contribution in [0.5, 0.6) is 0 Å². The van der Waals surface area contributed by atoms with Gasteiger partial charge in [0.25, 0.3) is 15.9 Å². The molecule has 0 unspecified atom stereocenters. The number of rotatable bonds is 8. The smallest absolute Gasteiger partial charge is 0.264 e. The molecule has 1 amide bonds. The first kappa shape index (κ1) is 28.4. The van der Waals surface area contributed by atoms with Gasteiger partial charge in [0.1, 0.15) is 12.4 Å². The highest BCUT2D eigenvalue weighted by Gasteiger charge is 2.27. The first-order chi connectivity index (χ1) is 18.5. The number of aryl methyl sites for hydroxylation is 2. The Morgan fingerprint density at radius 3 is 2.31 bits per heavy atom. The van der Waals surface area contributed by atoms with Crippen LogP contribution < -0.4 is 9.73 Å². The molecule has 0 aliphatic heterocycles. The van der Waals surface area contributed by atoms with Crippen LogP contribution in [0.25, 0.3) is 5.69 Å². The average molecular weight is 588 g/mol. The minimum absolute atomic E-state index is 0.144. The second-order valence-corrected chi connectivity index (χ2v) is 11.6. The number of carbonyl (C=O) groups excluding carboxylic acids is 1. The number of hydrazone groups is 1. The maximum atomic E-state index is 13.4. The number of sulfonamides is 1. The van der Waals surface area contributed by atoms with Crippen molar-refractivity contribution in [2.24, 2.45) is 5.10 Å². The van der Waals surface area contributed by atoms with E-state index in [1.807, 2.05) is 37.5 Å². The topological polar surface area (TPSA) is 83.8 Å². The lowest BCUT2D eigenvalue weighted by Gasteiger charge is -2.23. The normalized spacial score (nSPS) is 11.6. The Morgan fingerprint density at radius 1 is 1.00 bits per heavy atom. The third-order valence-electron chi connectivity index (χ3n) is 6.02. The van der Waals surface area contributed by atoms with E-state index in [9.17, 15) is 17.6 Å². The van der Waals surface area contributed by atoms with E-state index in [1.54, 1.807) is 36.4 Å². The van der Waals surface area contributed by atoms with Crippen molar-refractivity contribution in [3.8, 4) is 5.69 Å². The number of anilines is 1. The summed E-state index contributed by atoms with van der Waals surface area (Å²) in [7, 11) is -4.17. The molecule has 0 fully saturated rings. The molecule has 7 nitrogen and oxygen atoms in total. The molecule has 0 radical (unpaired) electrons. The molecular formula is C28H25Cl2FN4O3S. The van der Waals surface area contributed by atoms with Crippen LogP contribution in [0.3, 0.4) is 0 Å². The highest BCUT2D eigenvalue weighted by Crippen LogP contribution is 2.28. The molecule has 0 aliphatic rings. The quantitative estimate of drug-likeness (QED) is 0.197. The Morgan fingerprint density at radius 2 is 1.67 bits per heavy atom. The molecule has 0 saturated heterocycles. The van der Waals surface area contributed by atoms with Crippen molar-refractivity contribution in [3.63, 3.8) is 0 Å². The van der Waals surface area contributed by atoms with E-state index in [0.717, 1.165) is 56.8 Å². The fraction of sp³-hybridized carbons (Fsp3) is 0.143. The van der Waals surface area contributed by atoms with E-state index < -0.39 is 28.3 Å². The largest absolute Gasteiger partial charge is 0.316 e. The number of amides is 1. The lowest BCUT2D eigenvalue weighted by Crippen LogP contribution is -2.39. The summed E-state index contributed by atoms with van der Waals surface area (Å²) in [5, 5.41) is 5.06. The molecule has 11 heteroatoms. The Hall–Kier alpha value is -3.66. The van der Waals surface area contributed by atoms with Crippen molar-refractivity contribution in [2.75, 3.05) is 10.8 Å². The summed E-state index contributed by atoms with van der Waals surface area (Å²) in [6, 6.07) is 18.2. The summed E-state index contributed by atoms with van der Waals surface area (Å²) in [6.45, 7) is 5.12. The van der Waals surface area contributed by atoms with Crippen LogP contribution >= 0.6 is 23.2 Å². The molecule has 0 bridgehead atoms. The fourth-order valence-corrected chi connectivity index (χ4v) is 5.97. The van der Waals surface area contributed by atoms with Gasteiger partial charge >= 0.3 is 0 Å². The summed E-state index contributed by atoms with van der Waals surface area (Å²) in [4.78, 5) is 12.7. The van der Waals surface area contributed by atoms with Gasteiger partial charge in [-0.05, 0) is 81.4 Å². The monoisotopic (exact) mass is 586 g/mol. The summed E-state index contributed by atoms with van der Waals surface area (Å²) < 4.78 is 43.1. The van der Waals surface area contributed by atoms with Crippen LogP contribution in [0.2, 0.25) is 10.0 Å². The standard InChI is InChI=1S/C28H25Cl2FN4O3S/c1-18-4-9-24(10-5-18)34(39(37,38)25-11-7-23(31)8-12-25)17-28(36)33-32-16-21-14-19(2)35(20(21)3)27-13-6-22(29)15-26(27)30/h4-16H,17H2,1-3H3,(H,33,36)/b32-16-. The zero-order valence-corrected chi connectivity index (χ0v) is 23.6. The maximum Gasteiger partial charge on any atom is 0.264 e. The van der Waals surface area contributed by atoms with Gasteiger partial charge in [0.2, 0.25) is 0 Å². The van der Waals surface area contributed by atoms with Gasteiger partial charge in [0.15, 0.2) is 0 Å². The van der Waals surface area contributed by atoms with Crippen LogP contribution in [0, 0.1) is 26.6 Å². The zero-order chi connectivity index (χ0) is 28.3. The summed E-state index contributed by atoms with van der Waals surface area (Å²) >= 11 is 12.4. The molecule has 1 aromatic heterocycles. The van der Waals surface area contributed by atoms with Gasteiger partial charge in [-0.2, -0.15) is 5.10 Å². The molecule has 202 valence electrons. The highest BCUT2D eigenvalue weighted by molar-refractivity contribution is 7.92.